The van der Waals surface area contributed by atoms with Crippen LogP contribution in [0.15, 0.2) is 16.6 Å². The van der Waals surface area contributed by atoms with Crippen molar-refractivity contribution >= 4 is 6.21 Å². The summed E-state index contributed by atoms with van der Waals surface area (Å²) in [6.07, 6.45) is 7.17. The van der Waals surface area contributed by atoms with Crippen LogP contribution in [0.25, 0.3) is 0 Å². The number of allylic oxidation sites excluding steroid dienone is 2. The highest BCUT2D eigenvalue weighted by atomic mass is 14.8. The van der Waals surface area contributed by atoms with E-state index in [2.05, 4.69) is 51.9 Å². The summed E-state index contributed by atoms with van der Waals surface area (Å²) in [4.78, 5) is 4.63. The van der Waals surface area contributed by atoms with E-state index in [1.165, 1.54) is 18.4 Å². The first kappa shape index (κ1) is 10.9. The van der Waals surface area contributed by atoms with Crippen molar-refractivity contribution in [3.05, 3.63) is 11.6 Å². The monoisotopic (exact) mass is 205 g/mol. The molecule has 0 aromatic carbocycles. The van der Waals surface area contributed by atoms with Gasteiger partial charge in [0.15, 0.2) is 0 Å². The number of hydrogen-bond donors (Lipinski definition) is 0. The molecule has 1 saturated carbocycles. The van der Waals surface area contributed by atoms with E-state index in [9.17, 15) is 0 Å². The first-order valence-electron chi connectivity index (χ1n) is 6.06. The van der Waals surface area contributed by atoms with Crippen molar-refractivity contribution in [3.63, 3.8) is 0 Å². The Kier molecular flexibility index (Phi) is 2.33. The highest BCUT2D eigenvalue weighted by molar-refractivity contribution is 5.80. The van der Waals surface area contributed by atoms with Crippen molar-refractivity contribution in [1.29, 1.82) is 0 Å². The van der Waals surface area contributed by atoms with Gasteiger partial charge < -0.3 is 0 Å². The maximum atomic E-state index is 4.63. The van der Waals surface area contributed by atoms with Gasteiger partial charge in [0.05, 0.1) is 5.54 Å². The van der Waals surface area contributed by atoms with Crippen LogP contribution < -0.4 is 0 Å². The fourth-order valence-electron chi connectivity index (χ4n) is 2.81. The molecule has 0 aliphatic heterocycles. The van der Waals surface area contributed by atoms with E-state index in [4.69, 9.17) is 0 Å². The molecule has 84 valence electrons. The first-order chi connectivity index (χ1) is 6.81. The lowest BCUT2D eigenvalue weighted by Crippen LogP contribution is -2.48. The molecular formula is C14H23N. The molecule has 1 fully saturated rings. The molecule has 0 spiro atoms. The van der Waals surface area contributed by atoms with Gasteiger partial charge in [-0.3, -0.25) is 4.99 Å². The molecule has 0 N–H and O–H groups in total. The second-order valence-electron chi connectivity index (χ2n) is 6.68. The Morgan fingerprint density at radius 3 is 2.53 bits per heavy atom. The topological polar surface area (TPSA) is 12.4 Å². The normalized spacial score (nSPS) is 33.8. The minimum atomic E-state index is 0.0611. The molecule has 3 aliphatic rings. The fraction of sp³-hybridized carbons (Fsp3) is 0.786. The van der Waals surface area contributed by atoms with E-state index in [0.717, 1.165) is 11.8 Å². The lowest BCUT2D eigenvalue weighted by Gasteiger charge is -2.55. The third kappa shape index (κ3) is 1.89. The van der Waals surface area contributed by atoms with Crippen LogP contribution in [0.4, 0.5) is 0 Å². The Hall–Kier alpha value is -0.590. The summed E-state index contributed by atoms with van der Waals surface area (Å²) in [6.45, 7) is 11.3. The predicted molar refractivity (Wildman–Crippen MR) is 66.3 cm³/mol. The van der Waals surface area contributed by atoms with Crippen molar-refractivity contribution in [2.75, 3.05) is 0 Å². The van der Waals surface area contributed by atoms with Crippen molar-refractivity contribution in [1.82, 2.24) is 0 Å². The summed E-state index contributed by atoms with van der Waals surface area (Å²) in [6, 6.07) is 0. The van der Waals surface area contributed by atoms with E-state index >= 15 is 0 Å². The molecular weight excluding hydrogens is 182 g/mol. The minimum Gasteiger partial charge on any atom is -0.287 e. The van der Waals surface area contributed by atoms with Crippen LogP contribution in [0.3, 0.4) is 0 Å². The molecule has 2 atom stereocenters. The SMILES string of the molecule is CC(C)(C)N=CC1=CC[C@H]2C[C@@H]1C2(C)C. The summed E-state index contributed by atoms with van der Waals surface area (Å²) >= 11 is 0. The van der Waals surface area contributed by atoms with Gasteiger partial charge in [0.2, 0.25) is 0 Å². The molecule has 3 rings (SSSR count). The van der Waals surface area contributed by atoms with E-state index in [-0.39, 0.29) is 5.54 Å². The molecule has 0 saturated heterocycles. The van der Waals surface area contributed by atoms with Gasteiger partial charge in [0.1, 0.15) is 0 Å². The van der Waals surface area contributed by atoms with Gasteiger partial charge in [0, 0.05) is 6.21 Å². The second kappa shape index (κ2) is 3.20. The minimum absolute atomic E-state index is 0.0611. The summed E-state index contributed by atoms with van der Waals surface area (Å²) < 4.78 is 0. The van der Waals surface area contributed by atoms with Crippen LogP contribution in [-0.2, 0) is 0 Å². The number of rotatable bonds is 1. The fourth-order valence-corrected chi connectivity index (χ4v) is 2.81. The van der Waals surface area contributed by atoms with Gasteiger partial charge in [-0.25, -0.2) is 0 Å². The van der Waals surface area contributed by atoms with Gasteiger partial charge in [-0.2, -0.15) is 0 Å². The molecule has 0 unspecified atom stereocenters. The highest BCUT2D eigenvalue weighted by Gasteiger charge is 2.50. The second-order valence-corrected chi connectivity index (χ2v) is 6.68. The lowest BCUT2D eigenvalue weighted by atomic mass is 9.49. The summed E-state index contributed by atoms with van der Waals surface area (Å²) in [7, 11) is 0. The summed E-state index contributed by atoms with van der Waals surface area (Å²) in [5, 5.41) is 0. The molecule has 0 aromatic heterocycles. The van der Waals surface area contributed by atoms with Crippen molar-refractivity contribution in [2.24, 2.45) is 22.2 Å². The maximum absolute atomic E-state index is 4.63. The van der Waals surface area contributed by atoms with Crippen LogP contribution >= 0.6 is 0 Å². The standard InChI is InChI=1S/C14H23N/c1-13(2,3)15-9-10-6-7-11-8-12(10)14(11,4)5/h6,9,11-12H,7-8H2,1-5H3/t11-,12-/m0/s1. The van der Waals surface area contributed by atoms with E-state index in [0.29, 0.717) is 5.41 Å². The Morgan fingerprint density at radius 1 is 1.40 bits per heavy atom. The van der Waals surface area contributed by atoms with Crippen molar-refractivity contribution in [3.8, 4) is 0 Å². The van der Waals surface area contributed by atoms with Gasteiger partial charge in [0.25, 0.3) is 0 Å². The van der Waals surface area contributed by atoms with E-state index in [1.54, 1.807) is 0 Å². The van der Waals surface area contributed by atoms with Gasteiger partial charge in [-0.1, -0.05) is 19.9 Å². The van der Waals surface area contributed by atoms with Crippen molar-refractivity contribution < 1.29 is 0 Å². The van der Waals surface area contributed by atoms with Gasteiger partial charge >= 0.3 is 0 Å². The zero-order valence-electron chi connectivity index (χ0n) is 10.7. The van der Waals surface area contributed by atoms with Gasteiger partial charge in [-0.15, -0.1) is 0 Å². The van der Waals surface area contributed by atoms with Crippen LogP contribution in [0.2, 0.25) is 0 Å². The molecule has 15 heavy (non-hydrogen) atoms. The predicted octanol–water partition coefficient (Wildman–Crippen LogP) is 3.85. The molecule has 0 amide bonds. The third-order valence-corrected chi connectivity index (χ3v) is 4.11. The molecule has 1 heteroatoms. The van der Waals surface area contributed by atoms with E-state index in [1.807, 2.05) is 0 Å². The molecule has 1 nitrogen and oxygen atoms in total. The average Bonchev–Trinajstić information content (AvgIpc) is 2.13. The summed E-state index contributed by atoms with van der Waals surface area (Å²) in [5.41, 5.74) is 2.07. The molecule has 3 aliphatic carbocycles. The largest absolute Gasteiger partial charge is 0.287 e. The number of fused-ring (bicyclic) bond motifs is 1. The number of hydrogen-bond acceptors (Lipinski definition) is 1. The maximum Gasteiger partial charge on any atom is 0.0524 e. The number of nitrogens with zero attached hydrogens (tertiary/aromatic N) is 1. The third-order valence-electron chi connectivity index (χ3n) is 4.11. The zero-order chi connectivity index (χ0) is 11.3. The van der Waals surface area contributed by atoms with Crippen molar-refractivity contribution in [2.45, 2.75) is 53.0 Å². The average molecular weight is 205 g/mol. The molecule has 0 aromatic rings. The first-order valence-corrected chi connectivity index (χ1v) is 6.06. The quantitative estimate of drug-likeness (QED) is 0.577. The van der Waals surface area contributed by atoms with Crippen LogP contribution in [0, 0.1) is 17.3 Å². The van der Waals surface area contributed by atoms with Crippen LogP contribution in [-0.4, -0.2) is 11.8 Å². The number of aliphatic imine (C=N–C) groups is 1. The Bertz CT molecular complexity index is 315. The Morgan fingerprint density at radius 2 is 2.07 bits per heavy atom. The van der Waals surface area contributed by atoms with Crippen LogP contribution in [0.1, 0.15) is 47.5 Å². The van der Waals surface area contributed by atoms with Crippen LogP contribution in [0.5, 0.6) is 0 Å². The lowest BCUT2D eigenvalue weighted by molar-refractivity contribution is -0.00128. The Balaban J connectivity index is 2.12. The van der Waals surface area contributed by atoms with E-state index < -0.39 is 0 Å². The molecule has 2 bridgehead atoms. The highest BCUT2D eigenvalue weighted by Crippen LogP contribution is 2.58. The zero-order valence-corrected chi connectivity index (χ0v) is 10.7. The summed E-state index contributed by atoms with van der Waals surface area (Å²) in [5.74, 6) is 1.69. The van der Waals surface area contributed by atoms with Gasteiger partial charge in [-0.05, 0) is 56.4 Å². The molecule has 0 radical (unpaired) electrons. The smallest absolute Gasteiger partial charge is 0.0524 e. The molecule has 0 heterocycles. The Labute approximate surface area is 93.7 Å².